The van der Waals surface area contributed by atoms with Crippen LogP contribution in [0.15, 0.2) is 60.7 Å². The highest BCUT2D eigenvalue weighted by atomic mass is 127. The minimum Gasteiger partial charge on any atom is -0.493 e. The van der Waals surface area contributed by atoms with Crippen LogP contribution in [0.1, 0.15) is 16.7 Å². The second-order valence-corrected chi connectivity index (χ2v) is 8.16. The van der Waals surface area contributed by atoms with Crippen molar-refractivity contribution in [2.75, 3.05) is 7.11 Å². The van der Waals surface area contributed by atoms with E-state index < -0.39 is 0 Å². The van der Waals surface area contributed by atoms with Gasteiger partial charge in [-0.2, -0.15) is 5.26 Å². The van der Waals surface area contributed by atoms with Crippen molar-refractivity contribution in [3.8, 4) is 17.6 Å². The Morgan fingerprint density at radius 3 is 2.48 bits per heavy atom. The van der Waals surface area contributed by atoms with Crippen LogP contribution in [0.25, 0.3) is 11.6 Å². The third kappa shape index (κ3) is 5.66. The highest BCUT2D eigenvalue weighted by Crippen LogP contribution is 2.36. The molecule has 0 bridgehead atoms. The van der Waals surface area contributed by atoms with E-state index in [1.165, 1.54) is 0 Å². The molecule has 0 aromatic heterocycles. The smallest absolute Gasteiger partial charge is 0.174 e. The first-order chi connectivity index (χ1) is 14.0. The zero-order valence-electron chi connectivity index (χ0n) is 15.5. The minimum atomic E-state index is 0.394. The lowest BCUT2D eigenvalue weighted by atomic mass is 10.0. The number of hydrogen-bond donors (Lipinski definition) is 0. The maximum atomic E-state index is 9.58. The van der Waals surface area contributed by atoms with Gasteiger partial charge in [-0.1, -0.05) is 47.5 Å². The fourth-order valence-corrected chi connectivity index (χ4v) is 3.80. The molecular weight excluding hydrogens is 520 g/mol. The molecule has 0 saturated carbocycles. The Hall–Kier alpha value is -2.20. The van der Waals surface area contributed by atoms with Crippen LogP contribution in [0.3, 0.4) is 0 Å². The second kappa shape index (κ2) is 10.0. The number of halogens is 3. The molecule has 0 heterocycles. The number of hydrogen-bond acceptors (Lipinski definition) is 3. The van der Waals surface area contributed by atoms with Gasteiger partial charge >= 0.3 is 0 Å². The van der Waals surface area contributed by atoms with E-state index in [9.17, 15) is 5.26 Å². The summed E-state index contributed by atoms with van der Waals surface area (Å²) < 4.78 is 12.4. The summed E-state index contributed by atoms with van der Waals surface area (Å²) in [6, 6.07) is 20.7. The maximum Gasteiger partial charge on any atom is 0.174 e. The molecule has 0 amide bonds. The summed E-state index contributed by atoms with van der Waals surface area (Å²) in [5, 5.41) is 10.9. The molecule has 0 aliphatic carbocycles. The summed E-state index contributed by atoms with van der Waals surface area (Å²) in [7, 11) is 1.59. The third-order valence-electron chi connectivity index (χ3n) is 4.12. The van der Waals surface area contributed by atoms with E-state index in [1.54, 1.807) is 25.3 Å². The van der Waals surface area contributed by atoms with Crippen molar-refractivity contribution < 1.29 is 9.47 Å². The molecule has 0 N–H and O–H groups in total. The van der Waals surface area contributed by atoms with E-state index >= 15 is 0 Å². The number of allylic oxidation sites excluding steroid dienone is 1. The molecule has 0 aliphatic rings. The molecule has 29 heavy (non-hydrogen) atoms. The molecule has 3 rings (SSSR count). The van der Waals surface area contributed by atoms with Gasteiger partial charge in [0.05, 0.1) is 22.3 Å². The fraction of sp³-hybridized carbons (Fsp3) is 0.0870. The maximum absolute atomic E-state index is 9.58. The Kier molecular flexibility index (Phi) is 7.43. The van der Waals surface area contributed by atoms with Crippen LogP contribution >= 0.6 is 45.8 Å². The monoisotopic (exact) mass is 535 g/mol. The molecule has 6 heteroatoms. The number of rotatable bonds is 6. The zero-order chi connectivity index (χ0) is 20.8. The summed E-state index contributed by atoms with van der Waals surface area (Å²) >= 11 is 14.2. The summed E-state index contributed by atoms with van der Waals surface area (Å²) in [5.74, 6) is 1.25. The van der Waals surface area contributed by atoms with Crippen LogP contribution in [0.4, 0.5) is 0 Å². The molecule has 0 saturated heterocycles. The molecule has 0 radical (unpaired) electrons. The van der Waals surface area contributed by atoms with Crippen LogP contribution in [-0.4, -0.2) is 7.11 Å². The van der Waals surface area contributed by atoms with Gasteiger partial charge in [-0.25, -0.2) is 0 Å². The topological polar surface area (TPSA) is 42.2 Å². The van der Waals surface area contributed by atoms with Crippen LogP contribution in [0, 0.1) is 14.9 Å². The average molecular weight is 536 g/mol. The molecule has 3 nitrogen and oxygen atoms in total. The summed E-state index contributed by atoms with van der Waals surface area (Å²) in [5.41, 5.74) is 3.11. The van der Waals surface area contributed by atoms with Crippen LogP contribution in [-0.2, 0) is 6.61 Å². The van der Waals surface area contributed by atoms with Crippen molar-refractivity contribution >= 4 is 57.4 Å². The Morgan fingerprint density at radius 2 is 1.83 bits per heavy atom. The lowest BCUT2D eigenvalue weighted by Gasteiger charge is -2.14. The molecule has 3 aromatic rings. The minimum absolute atomic E-state index is 0.394. The number of nitrogens with zero attached hydrogens (tertiary/aromatic N) is 1. The van der Waals surface area contributed by atoms with Crippen molar-refractivity contribution in [1.29, 1.82) is 5.26 Å². The Bertz CT molecular complexity index is 1090. The third-order valence-corrected chi connectivity index (χ3v) is 5.40. The Morgan fingerprint density at radius 1 is 1.07 bits per heavy atom. The Labute approximate surface area is 193 Å². The quantitative estimate of drug-likeness (QED) is 0.190. The standard InChI is InChI=1S/C23H16Cl2INO2/c1-28-22-11-16(9-18(13-27)17-3-2-4-20(25)12-17)10-21(26)23(22)29-14-15-5-7-19(24)8-6-15/h2-12H,14H2,1H3/b18-9-. The molecular formula is C23H16Cl2INO2. The van der Waals surface area contributed by atoms with Crippen LogP contribution < -0.4 is 9.47 Å². The SMILES string of the molecule is COc1cc(/C=C(/C#N)c2cccc(Cl)c2)cc(I)c1OCc1ccc(Cl)cc1. The van der Waals surface area contributed by atoms with Crippen molar-refractivity contribution in [3.05, 3.63) is 91.0 Å². The van der Waals surface area contributed by atoms with Crippen molar-refractivity contribution in [2.45, 2.75) is 6.61 Å². The van der Waals surface area contributed by atoms with Crippen molar-refractivity contribution in [3.63, 3.8) is 0 Å². The van der Waals surface area contributed by atoms with Crippen LogP contribution in [0.2, 0.25) is 10.0 Å². The Balaban J connectivity index is 1.89. The fourth-order valence-electron chi connectivity index (χ4n) is 2.70. The largest absolute Gasteiger partial charge is 0.493 e. The summed E-state index contributed by atoms with van der Waals surface area (Å²) in [6.45, 7) is 0.394. The van der Waals surface area contributed by atoms with E-state index in [0.29, 0.717) is 33.7 Å². The van der Waals surface area contributed by atoms with E-state index in [4.69, 9.17) is 32.7 Å². The molecule has 0 aliphatic heterocycles. The first-order valence-electron chi connectivity index (χ1n) is 8.62. The van der Waals surface area contributed by atoms with E-state index in [0.717, 1.165) is 20.3 Å². The summed E-state index contributed by atoms with van der Waals surface area (Å²) in [4.78, 5) is 0. The van der Waals surface area contributed by atoms with Gasteiger partial charge in [-0.3, -0.25) is 0 Å². The lowest BCUT2D eigenvalue weighted by molar-refractivity contribution is 0.282. The molecule has 146 valence electrons. The number of ether oxygens (including phenoxy) is 2. The van der Waals surface area contributed by atoms with Crippen LogP contribution in [0.5, 0.6) is 11.5 Å². The lowest BCUT2D eigenvalue weighted by Crippen LogP contribution is -2.00. The van der Waals surface area contributed by atoms with Gasteiger partial charge in [0.2, 0.25) is 0 Å². The second-order valence-electron chi connectivity index (χ2n) is 6.13. The van der Waals surface area contributed by atoms with Gasteiger partial charge < -0.3 is 9.47 Å². The number of methoxy groups -OCH3 is 1. The van der Waals surface area contributed by atoms with Crippen molar-refractivity contribution in [1.82, 2.24) is 0 Å². The van der Waals surface area contributed by atoms with Crippen molar-refractivity contribution in [2.24, 2.45) is 0 Å². The van der Waals surface area contributed by atoms with Gasteiger partial charge in [0, 0.05) is 10.0 Å². The first-order valence-corrected chi connectivity index (χ1v) is 10.5. The van der Waals surface area contributed by atoms with Gasteiger partial charge in [-0.05, 0) is 81.8 Å². The van der Waals surface area contributed by atoms with Gasteiger partial charge in [0.1, 0.15) is 6.61 Å². The highest BCUT2D eigenvalue weighted by Gasteiger charge is 2.12. The molecule has 0 atom stereocenters. The van der Waals surface area contributed by atoms with Gasteiger partial charge in [-0.15, -0.1) is 0 Å². The van der Waals surface area contributed by atoms with Gasteiger partial charge in [0.15, 0.2) is 11.5 Å². The molecule has 0 unspecified atom stereocenters. The average Bonchev–Trinajstić information content (AvgIpc) is 2.72. The van der Waals surface area contributed by atoms with E-state index in [2.05, 4.69) is 28.7 Å². The normalized spacial score (nSPS) is 11.1. The molecule has 3 aromatic carbocycles. The van der Waals surface area contributed by atoms with E-state index in [1.807, 2.05) is 48.5 Å². The zero-order valence-corrected chi connectivity index (χ0v) is 19.1. The molecule has 0 fully saturated rings. The molecule has 0 spiro atoms. The predicted molar refractivity (Wildman–Crippen MR) is 126 cm³/mol. The van der Waals surface area contributed by atoms with Gasteiger partial charge in [0.25, 0.3) is 0 Å². The number of nitriles is 1. The predicted octanol–water partition coefficient (Wildman–Crippen LogP) is 7.25. The van der Waals surface area contributed by atoms with E-state index in [-0.39, 0.29) is 0 Å². The first kappa shape index (κ1) is 21.5. The number of benzene rings is 3. The summed E-state index contributed by atoms with van der Waals surface area (Å²) in [6.07, 6.45) is 1.80. The highest BCUT2D eigenvalue weighted by molar-refractivity contribution is 14.1.